The molecule has 0 bridgehead atoms. The van der Waals surface area contributed by atoms with Gasteiger partial charge in [-0.25, -0.2) is 0 Å². The lowest BCUT2D eigenvalue weighted by Crippen LogP contribution is -2.43. The van der Waals surface area contributed by atoms with E-state index in [2.05, 4.69) is 10.9 Å². The lowest BCUT2D eigenvalue weighted by molar-refractivity contribution is -0.140. The molecule has 9 heteroatoms. The number of ether oxygens (including phenoxy) is 2. The number of hydrogen-bond donors (Lipinski definition) is 2. The summed E-state index contributed by atoms with van der Waals surface area (Å²) in [5.41, 5.74) is 5.97. The van der Waals surface area contributed by atoms with E-state index >= 15 is 0 Å². The van der Waals surface area contributed by atoms with Crippen LogP contribution in [0.15, 0.2) is 48.5 Å². The molecule has 1 heterocycles. The Morgan fingerprint density at radius 3 is 2.03 bits per heavy atom. The van der Waals surface area contributed by atoms with Crippen LogP contribution in [0.4, 0.5) is 0 Å². The molecule has 4 amide bonds. The van der Waals surface area contributed by atoms with Crippen molar-refractivity contribution in [3.63, 3.8) is 0 Å². The van der Waals surface area contributed by atoms with Gasteiger partial charge in [-0.15, -0.1) is 0 Å². The lowest BCUT2D eigenvalue weighted by Gasteiger charge is -2.19. The SMILES string of the molecule is CCOc1ccc(OCc2ccc(C(=O)NNC(=O)CCN3C(=O)C4CCCCC4C3=O)cc2)cc1. The Labute approximate surface area is 210 Å². The summed E-state index contributed by atoms with van der Waals surface area (Å²) >= 11 is 0. The molecule has 0 radical (unpaired) electrons. The van der Waals surface area contributed by atoms with Gasteiger partial charge in [0, 0.05) is 18.5 Å². The maximum atomic E-state index is 12.5. The van der Waals surface area contributed by atoms with Crippen LogP contribution in [0, 0.1) is 11.8 Å². The molecule has 1 aliphatic carbocycles. The van der Waals surface area contributed by atoms with Crippen molar-refractivity contribution in [2.24, 2.45) is 11.8 Å². The van der Waals surface area contributed by atoms with Crippen LogP contribution in [0.5, 0.6) is 11.5 Å². The van der Waals surface area contributed by atoms with E-state index < -0.39 is 11.8 Å². The van der Waals surface area contributed by atoms with Gasteiger partial charge in [-0.2, -0.15) is 0 Å². The van der Waals surface area contributed by atoms with Gasteiger partial charge < -0.3 is 9.47 Å². The molecule has 1 saturated carbocycles. The summed E-state index contributed by atoms with van der Waals surface area (Å²) in [6.07, 6.45) is 3.31. The predicted molar refractivity (Wildman–Crippen MR) is 131 cm³/mol. The van der Waals surface area contributed by atoms with E-state index in [1.807, 2.05) is 31.2 Å². The maximum absolute atomic E-state index is 12.5. The van der Waals surface area contributed by atoms with E-state index in [-0.39, 0.29) is 36.6 Å². The van der Waals surface area contributed by atoms with Crippen LogP contribution in [0.2, 0.25) is 0 Å². The Kier molecular flexibility index (Phi) is 8.20. The molecule has 2 fully saturated rings. The highest BCUT2D eigenvalue weighted by molar-refractivity contribution is 6.05. The number of hydrazine groups is 1. The smallest absolute Gasteiger partial charge is 0.269 e. The molecule has 0 aromatic heterocycles. The fraction of sp³-hybridized carbons (Fsp3) is 0.407. The second kappa shape index (κ2) is 11.7. The molecule has 9 nitrogen and oxygen atoms in total. The van der Waals surface area contributed by atoms with E-state index in [0.717, 1.165) is 37.0 Å². The van der Waals surface area contributed by atoms with Crippen molar-refractivity contribution in [3.05, 3.63) is 59.7 Å². The van der Waals surface area contributed by atoms with Gasteiger partial charge in [0.2, 0.25) is 17.7 Å². The number of likely N-dealkylation sites (tertiary alicyclic amines) is 1. The van der Waals surface area contributed by atoms with Gasteiger partial charge >= 0.3 is 0 Å². The molecule has 2 aromatic rings. The molecule has 1 aliphatic heterocycles. The highest BCUT2D eigenvalue weighted by Gasteiger charge is 2.47. The summed E-state index contributed by atoms with van der Waals surface area (Å²) in [7, 11) is 0. The molecule has 2 aliphatic rings. The van der Waals surface area contributed by atoms with Crippen LogP contribution in [0.25, 0.3) is 0 Å². The molecule has 2 unspecified atom stereocenters. The van der Waals surface area contributed by atoms with Crippen molar-refractivity contribution in [1.29, 1.82) is 0 Å². The van der Waals surface area contributed by atoms with E-state index in [1.54, 1.807) is 24.3 Å². The number of amides is 4. The molecule has 0 spiro atoms. The van der Waals surface area contributed by atoms with E-state index in [9.17, 15) is 19.2 Å². The Morgan fingerprint density at radius 1 is 0.861 bits per heavy atom. The van der Waals surface area contributed by atoms with Crippen LogP contribution in [-0.2, 0) is 21.0 Å². The van der Waals surface area contributed by atoms with Gasteiger partial charge in [0.1, 0.15) is 18.1 Å². The first-order valence-electron chi connectivity index (χ1n) is 12.3. The topological polar surface area (TPSA) is 114 Å². The Balaban J connectivity index is 1.19. The fourth-order valence-corrected chi connectivity index (χ4v) is 4.64. The van der Waals surface area contributed by atoms with Crippen molar-refractivity contribution in [1.82, 2.24) is 15.8 Å². The van der Waals surface area contributed by atoms with Crippen LogP contribution in [-0.4, -0.2) is 41.7 Å². The molecule has 2 N–H and O–H groups in total. The van der Waals surface area contributed by atoms with Crippen molar-refractivity contribution in [3.8, 4) is 11.5 Å². The number of carbonyl (C=O) groups is 4. The van der Waals surface area contributed by atoms with Crippen LogP contribution >= 0.6 is 0 Å². The van der Waals surface area contributed by atoms with Gasteiger partial charge in [-0.05, 0) is 61.7 Å². The molecular weight excluding hydrogens is 462 g/mol. The normalized spacial score (nSPS) is 19.0. The molecule has 190 valence electrons. The van der Waals surface area contributed by atoms with Crippen molar-refractivity contribution in [2.45, 2.75) is 45.6 Å². The number of carbonyl (C=O) groups excluding carboxylic acids is 4. The van der Waals surface area contributed by atoms with Crippen molar-refractivity contribution < 1.29 is 28.7 Å². The van der Waals surface area contributed by atoms with Gasteiger partial charge in [-0.3, -0.25) is 34.9 Å². The van der Waals surface area contributed by atoms with Crippen molar-refractivity contribution in [2.75, 3.05) is 13.2 Å². The van der Waals surface area contributed by atoms with Gasteiger partial charge in [-0.1, -0.05) is 25.0 Å². The summed E-state index contributed by atoms with van der Waals surface area (Å²) in [6, 6.07) is 14.2. The Bertz CT molecular complexity index is 1080. The minimum absolute atomic E-state index is 0.0232. The minimum Gasteiger partial charge on any atom is -0.494 e. The third kappa shape index (κ3) is 6.02. The quantitative estimate of drug-likeness (QED) is 0.410. The average molecular weight is 494 g/mol. The Morgan fingerprint density at radius 2 is 1.44 bits per heavy atom. The summed E-state index contributed by atoms with van der Waals surface area (Å²) in [5, 5.41) is 0. The highest BCUT2D eigenvalue weighted by Crippen LogP contribution is 2.37. The summed E-state index contributed by atoms with van der Waals surface area (Å²) in [6.45, 7) is 2.89. The minimum atomic E-state index is -0.473. The molecule has 2 atom stereocenters. The van der Waals surface area contributed by atoms with Gasteiger partial charge in [0.25, 0.3) is 5.91 Å². The fourth-order valence-electron chi connectivity index (χ4n) is 4.64. The standard InChI is InChI=1S/C27H31N3O6/c1-2-35-20-11-13-21(14-12-20)36-17-18-7-9-19(10-8-18)25(32)29-28-24(31)15-16-30-26(33)22-5-3-4-6-23(22)27(30)34/h7-14,22-23H,2-6,15-17H2,1H3,(H,28,31)(H,29,32). The van der Waals surface area contributed by atoms with Crippen LogP contribution in [0.3, 0.4) is 0 Å². The first-order chi connectivity index (χ1) is 17.5. The number of hydrogen-bond acceptors (Lipinski definition) is 6. The zero-order chi connectivity index (χ0) is 25.5. The first-order valence-corrected chi connectivity index (χ1v) is 12.3. The number of nitrogens with zero attached hydrogens (tertiary/aromatic N) is 1. The third-order valence-electron chi connectivity index (χ3n) is 6.57. The highest BCUT2D eigenvalue weighted by atomic mass is 16.5. The Hall–Kier alpha value is -3.88. The van der Waals surface area contributed by atoms with Crippen LogP contribution in [0.1, 0.15) is 54.9 Å². The second-order valence-electron chi connectivity index (χ2n) is 8.97. The molecule has 4 rings (SSSR count). The predicted octanol–water partition coefficient (Wildman–Crippen LogP) is 2.99. The van der Waals surface area contributed by atoms with E-state index in [4.69, 9.17) is 9.47 Å². The lowest BCUT2D eigenvalue weighted by atomic mass is 9.81. The van der Waals surface area contributed by atoms with Crippen molar-refractivity contribution >= 4 is 23.6 Å². The third-order valence-corrected chi connectivity index (χ3v) is 6.57. The van der Waals surface area contributed by atoms with Crippen LogP contribution < -0.4 is 20.3 Å². The summed E-state index contributed by atoms with van der Waals surface area (Å²) in [4.78, 5) is 50.8. The number of imide groups is 1. The second-order valence-corrected chi connectivity index (χ2v) is 8.97. The zero-order valence-corrected chi connectivity index (χ0v) is 20.3. The monoisotopic (exact) mass is 493 g/mol. The summed E-state index contributed by atoms with van der Waals surface area (Å²) in [5.74, 6) is -0.268. The zero-order valence-electron chi connectivity index (χ0n) is 20.3. The first kappa shape index (κ1) is 25.2. The largest absolute Gasteiger partial charge is 0.494 e. The maximum Gasteiger partial charge on any atom is 0.269 e. The number of nitrogens with one attached hydrogen (secondary N) is 2. The average Bonchev–Trinajstić information content (AvgIpc) is 3.15. The summed E-state index contributed by atoms with van der Waals surface area (Å²) < 4.78 is 11.2. The molecular formula is C27H31N3O6. The molecule has 1 saturated heterocycles. The van der Waals surface area contributed by atoms with Gasteiger partial charge in [0.05, 0.1) is 18.4 Å². The van der Waals surface area contributed by atoms with Gasteiger partial charge in [0.15, 0.2) is 0 Å². The number of benzene rings is 2. The number of fused-ring (bicyclic) bond motifs is 1. The van der Waals surface area contributed by atoms with E-state index in [0.29, 0.717) is 24.5 Å². The molecule has 2 aromatic carbocycles. The van der Waals surface area contributed by atoms with E-state index in [1.165, 1.54) is 4.90 Å². The molecule has 36 heavy (non-hydrogen) atoms. The number of rotatable bonds is 9.